The van der Waals surface area contributed by atoms with E-state index in [1.807, 2.05) is 59.1 Å². The van der Waals surface area contributed by atoms with Crippen LogP contribution in [0.5, 0.6) is 0 Å². The van der Waals surface area contributed by atoms with Gasteiger partial charge in [-0.25, -0.2) is 4.79 Å². The maximum absolute atomic E-state index is 13.3. The van der Waals surface area contributed by atoms with E-state index >= 15 is 0 Å². The summed E-state index contributed by atoms with van der Waals surface area (Å²) in [5.41, 5.74) is 0.875. The number of benzene rings is 1. The summed E-state index contributed by atoms with van der Waals surface area (Å²) in [6.07, 6.45) is 3.12. The summed E-state index contributed by atoms with van der Waals surface area (Å²) in [7, 11) is 1.41. The molecule has 3 rings (SSSR count). The van der Waals surface area contributed by atoms with Crippen molar-refractivity contribution in [1.29, 1.82) is 0 Å². The first-order valence-electron chi connectivity index (χ1n) is 10.2. The van der Waals surface area contributed by atoms with Crippen LogP contribution < -0.4 is 10.2 Å². The minimum Gasteiger partial charge on any atom is -0.469 e. The molecule has 2 saturated heterocycles. The molecule has 2 heterocycles. The van der Waals surface area contributed by atoms with Gasteiger partial charge in [0.1, 0.15) is 6.17 Å². The highest BCUT2D eigenvalue weighted by Gasteiger charge is 2.43. The third-order valence-corrected chi connectivity index (χ3v) is 5.85. The second kappa shape index (κ2) is 9.39. The van der Waals surface area contributed by atoms with Gasteiger partial charge in [0, 0.05) is 18.8 Å². The maximum atomic E-state index is 13.3. The summed E-state index contributed by atoms with van der Waals surface area (Å²) in [6.45, 7) is 7.08. The topological polar surface area (TPSA) is 65.1 Å². The van der Waals surface area contributed by atoms with Gasteiger partial charge in [-0.05, 0) is 57.3 Å². The Morgan fingerprint density at radius 1 is 1.25 bits per heavy atom. The fraction of sp³-hybridized carbons (Fsp3) is 0.619. The van der Waals surface area contributed by atoms with Crippen molar-refractivity contribution in [3.63, 3.8) is 0 Å². The quantitative estimate of drug-likeness (QED) is 0.728. The fourth-order valence-electron chi connectivity index (χ4n) is 4.15. The van der Waals surface area contributed by atoms with E-state index in [-0.39, 0.29) is 24.1 Å². The molecule has 2 fully saturated rings. The lowest BCUT2D eigenvalue weighted by molar-refractivity contribution is -0.147. The summed E-state index contributed by atoms with van der Waals surface area (Å²) in [5, 5.41) is 7.25. The van der Waals surface area contributed by atoms with Crippen LogP contribution in [0.4, 0.5) is 10.5 Å². The second-order valence-corrected chi connectivity index (χ2v) is 7.77. The third kappa shape index (κ3) is 4.47. The van der Waals surface area contributed by atoms with Gasteiger partial charge in [-0.15, -0.1) is 0 Å². The Kier molecular flexibility index (Phi) is 6.91. The minimum absolute atomic E-state index is 0.0234. The Balaban J connectivity index is 1.77. The average Bonchev–Trinajstić information content (AvgIpc) is 2.96. The number of anilines is 1. The predicted octanol–water partition coefficient (Wildman–Crippen LogP) is 2.69. The minimum atomic E-state index is -0.308. The Labute approximate surface area is 167 Å². The number of nitrogens with one attached hydrogen (secondary N) is 1. The van der Waals surface area contributed by atoms with Crippen molar-refractivity contribution >= 4 is 17.7 Å². The third-order valence-electron chi connectivity index (χ3n) is 5.85. The van der Waals surface area contributed by atoms with Gasteiger partial charge in [-0.3, -0.25) is 14.7 Å². The molecule has 7 heteroatoms. The van der Waals surface area contributed by atoms with Crippen LogP contribution in [0, 0.1) is 11.8 Å². The summed E-state index contributed by atoms with van der Waals surface area (Å²) >= 11 is 0. The normalized spacial score (nSPS) is 22.5. The van der Waals surface area contributed by atoms with Crippen molar-refractivity contribution in [2.75, 3.05) is 38.2 Å². The van der Waals surface area contributed by atoms with Crippen molar-refractivity contribution in [1.82, 2.24) is 15.3 Å². The van der Waals surface area contributed by atoms with Gasteiger partial charge in [0.2, 0.25) is 0 Å². The smallest absolute Gasteiger partial charge is 0.340 e. The molecule has 7 nitrogen and oxygen atoms in total. The van der Waals surface area contributed by atoms with Crippen LogP contribution in [0.25, 0.3) is 0 Å². The molecule has 0 aromatic heterocycles. The first-order chi connectivity index (χ1) is 13.5. The maximum Gasteiger partial charge on any atom is 0.340 e. The Morgan fingerprint density at radius 3 is 2.57 bits per heavy atom. The number of esters is 1. The highest BCUT2D eigenvalue weighted by atomic mass is 16.5. The Bertz CT molecular complexity index is 663. The number of carbonyl (C=O) groups excluding carboxylic acids is 2. The summed E-state index contributed by atoms with van der Waals surface area (Å²) in [4.78, 5) is 27.1. The van der Waals surface area contributed by atoms with Gasteiger partial charge in [0.15, 0.2) is 0 Å². The van der Waals surface area contributed by atoms with Gasteiger partial charge >= 0.3 is 12.0 Å². The molecular formula is C21H32N4O3. The number of carbonyl (C=O) groups is 2. The average molecular weight is 389 g/mol. The van der Waals surface area contributed by atoms with Crippen molar-refractivity contribution < 1.29 is 14.3 Å². The monoisotopic (exact) mass is 388 g/mol. The summed E-state index contributed by atoms with van der Waals surface area (Å²) in [5.74, 6) is 0.0727. The standard InChI is InChI=1S/C21H32N4O3/c1-16(20(26)28-3)15-24-17(2)25(19-7-5-4-6-8-19)21(27)23(24)14-11-18-9-12-22-13-10-18/h4-8,16-18,22H,9-15H2,1-3H3. The fourth-order valence-corrected chi connectivity index (χ4v) is 4.15. The molecule has 0 bridgehead atoms. The van der Waals surface area contributed by atoms with Crippen molar-refractivity contribution in [2.45, 2.75) is 39.3 Å². The SMILES string of the molecule is COC(=O)C(C)CN1C(C)N(c2ccccc2)C(=O)N1CCC1CCNCC1. The lowest BCUT2D eigenvalue weighted by Crippen LogP contribution is -2.46. The molecule has 1 aromatic rings. The number of urea groups is 1. The number of amides is 2. The van der Waals surface area contributed by atoms with Crippen LogP contribution in [0.2, 0.25) is 0 Å². The molecule has 28 heavy (non-hydrogen) atoms. The summed E-state index contributed by atoms with van der Waals surface area (Å²) < 4.78 is 4.90. The zero-order chi connectivity index (χ0) is 20.1. The Morgan fingerprint density at radius 2 is 1.93 bits per heavy atom. The lowest BCUT2D eigenvalue weighted by atomic mass is 9.95. The van der Waals surface area contributed by atoms with E-state index in [1.165, 1.54) is 7.11 Å². The van der Waals surface area contributed by atoms with Crippen LogP contribution in [0.3, 0.4) is 0 Å². The number of hydrogen-bond acceptors (Lipinski definition) is 5. The summed E-state index contributed by atoms with van der Waals surface area (Å²) in [6, 6.07) is 9.70. The van der Waals surface area contributed by atoms with Crippen LogP contribution >= 0.6 is 0 Å². The molecule has 1 aromatic carbocycles. The molecule has 0 aliphatic carbocycles. The number of para-hydroxylation sites is 1. The number of nitrogens with zero attached hydrogens (tertiary/aromatic N) is 3. The molecule has 2 unspecified atom stereocenters. The number of methoxy groups -OCH3 is 1. The molecule has 2 aliphatic heterocycles. The van der Waals surface area contributed by atoms with Gasteiger partial charge in [0.25, 0.3) is 0 Å². The van der Waals surface area contributed by atoms with E-state index < -0.39 is 0 Å². The van der Waals surface area contributed by atoms with Gasteiger partial charge < -0.3 is 10.1 Å². The molecule has 0 radical (unpaired) electrons. The van der Waals surface area contributed by atoms with Crippen molar-refractivity contribution in [3.05, 3.63) is 30.3 Å². The molecular weight excluding hydrogens is 356 g/mol. The van der Waals surface area contributed by atoms with Crippen LogP contribution in [-0.2, 0) is 9.53 Å². The molecule has 2 amide bonds. The number of rotatable bonds is 7. The van der Waals surface area contributed by atoms with Crippen LogP contribution in [0.1, 0.15) is 33.1 Å². The van der Waals surface area contributed by atoms with Crippen LogP contribution in [-0.4, -0.2) is 61.5 Å². The lowest BCUT2D eigenvalue weighted by Gasteiger charge is -2.32. The molecule has 2 atom stereocenters. The zero-order valence-corrected chi connectivity index (χ0v) is 17.1. The number of ether oxygens (including phenoxy) is 1. The van der Waals surface area contributed by atoms with E-state index in [2.05, 4.69) is 5.32 Å². The highest BCUT2D eigenvalue weighted by molar-refractivity contribution is 5.94. The first-order valence-corrected chi connectivity index (χ1v) is 10.2. The van der Waals surface area contributed by atoms with Gasteiger partial charge in [-0.2, -0.15) is 5.01 Å². The van der Waals surface area contributed by atoms with E-state index in [9.17, 15) is 9.59 Å². The zero-order valence-electron chi connectivity index (χ0n) is 17.1. The number of piperidine rings is 1. The van der Waals surface area contributed by atoms with E-state index in [0.29, 0.717) is 19.0 Å². The van der Waals surface area contributed by atoms with Crippen molar-refractivity contribution in [2.24, 2.45) is 11.8 Å². The first kappa shape index (κ1) is 20.6. The largest absolute Gasteiger partial charge is 0.469 e. The second-order valence-electron chi connectivity index (χ2n) is 7.77. The molecule has 154 valence electrons. The molecule has 2 aliphatic rings. The number of hydrazine groups is 1. The molecule has 0 saturated carbocycles. The van der Waals surface area contributed by atoms with E-state index in [0.717, 1.165) is 38.0 Å². The van der Waals surface area contributed by atoms with Gasteiger partial charge in [-0.1, -0.05) is 25.1 Å². The van der Waals surface area contributed by atoms with E-state index in [4.69, 9.17) is 4.74 Å². The highest BCUT2D eigenvalue weighted by Crippen LogP contribution is 2.30. The number of hydrogen-bond donors (Lipinski definition) is 1. The predicted molar refractivity (Wildman–Crippen MR) is 109 cm³/mol. The van der Waals surface area contributed by atoms with E-state index in [1.54, 1.807) is 0 Å². The molecule has 0 spiro atoms. The van der Waals surface area contributed by atoms with Crippen molar-refractivity contribution in [3.8, 4) is 0 Å². The van der Waals surface area contributed by atoms with Gasteiger partial charge in [0.05, 0.1) is 13.0 Å². The Hall–Kier alpha value is -2.12. The van der Waals surface area contributed by atoms with Crippen LogP contribution in [0.15, 0.2) is 30.3 Å². The molecule has 1 N–H and O–H groups in total.